The molecule has 1 N–H and O–H groups in total. The molecule has 1 saturated heterocycles. The smallest absolute Gasteiger partial charge is 0.314 e. The number of aliphatic carboxylic acids is 1. The van der Waals surface area contributed by atoms with Crippen molar-refractivity contribution in [2.45, 2.75) is 31.6 Å². The van der Waals surface area contributed by atoms with Crippen LogP contribution in [0, 0.1) is 0 Å². The van der Waals surface area contributed by atoms with E-state index in [0.717, 1.165) is 5.56 Å². The molecule has 0 bridgehead atoms. The molecule has 116 valence electrons. The Balaban J connectivity index is 2.22. The zero-order valence-electron chi connectivity index (χ0n) is 12.2. The first-order chi connectivity index (χ1) is 9.92. The van der Waals surface area contributed by atoms with E-state index in [-0.39, 0.29) is 18.8 Å². The molecule has 0 amide bonds. The van der Waals surface area contributed by atoms with Crippen LogP contribution in [0.3, 0.4) is 0 Å². The maximum absolute atomic E-state index is 12.1. The average Bonchev–Trinajstić information content (AvgIpc) is 2.48. The van der Waals surface area contributed by atoms with Crippen molar-refractivity contribution in [2.24, 2.45) is 0 Å². The van der Waals surface area contributed by atoms with Crippen LogP contribution < -0.4 is 0 Å². The minimum absolute atomic E-state index is 0.123. The molecule has 1 fully saturated rings. The van der Waals surface area contributed by atoms with Crippen LogP contribution in [0.1, 0.15) is 31.7 Å². The number of carboxylic acid groups (broad SMARTS) is 1. The van der Waals surface area contributed by atoms with Crippen molar-refractivity contribution in [3.8, 4) is 0 Å². The number of benzene rings is 1. The van der Waals surface area contributed by atoms with Crippen molar-refractivity contribution < 1.29 is 18.3 Å². The Labute approximate surface area is 125 Å². The largest absolute Gasteiger partial charge is 0.481 e. The van der Waals surface area contributed by atoms with Gasteiger partial charge in [0, 0.05) is 13.1 Å². The lowest BCUT2D eigenvalue weighted by molar-refractivity contribution is -0.145. The molecule has 1 aromatic carbocycles. The van der Waals surface area contributed by atoms with Gasteiger partial charge in [0.15, 0.2) is 0 Å². The van der Waals surface area contributed by atoms with E-state index in [1.807, 2.05) is 37.3 Å². The summed E-state index contributed by atoms with van der Waals surface area (Å²) in [5, 5.41) is 9.67. The lowest BCUT2D eigenvalue weighted by Crippen LogP contribution is -2.49. The molecule has 0 aliphatic carbocycles. The highest BCUT2D eigenvalue weighted by Gasteiger charge is 2.44. The number of hydrogen-bond acceptors (Lipinski definition) is 3. The van der Waals surface area contributed by atoms with E-state index in [1.54, 1.807) is 0 Å². The molecular formula is C15H21NO4S. The number of hydrogen-bond donors (Lipinski definition) is 1. The zero-order valence-corrected chi connectivity index (χ0v) is 13.0. The van der Waals surface area contributed by atoms with Crippen LogP contribution in [0.2, 0.25) is 0 Å². The summed E-state index contributed by atoms with van der Waals surface area (Å²) >= 11 is 0. The van der Waals surface area contributed by atoms with E-state index in [0.29, 0.717) is 19.3 Å². The quantitative estimate of drug-likeness (QED) is 0.900. The van der Waals surface area contributed by atoms with Crippen LogP contribution in [-0.2, 0) is 20.2 Å². The highest BCUT2D eigenvalue weighted by atomic mass is 32.2. The Kier molecular flexibility index (Phi) is 4.68. The minimum Gasteiger partial charge on any atom is -0.481 e. The number of sulfonamides is 1. The average molecular weight is 311 g/mol. The first kappa shape index (κ1) is 16.0. The number of carboxylic acids is 1. The van der Waals surface area contributed by atoms with Gasteiger partial charge in [0.2, 0.25) is 10.0 Å². The normalized spacial score (nSPS) is 19.3. The molecule has 0 unspecified atom stereocenters. The first-order valence-electron chi connectivity index (χ1n) is 7.19. The molecule has 0 saturated carbocycles. The molecule has 0 spiro atoms. The molecule has 1 aliphatic rings. The fourth-order valence-corrected chi connectivity index (χ4v) is 4.43. The summed E-state index contributed by atoms with van der Waals surface area (Å²) in [4.78, 5) is 11.8. The van der Waals surface area contributed by atoms with Gasteiger partial charge in [0.25, 0.3) is 0 Å². The summed E-state index contributed by atoms with van der Waals surface area (Å²) in [7, 11) is -3.25. The highest BCUT2D eigenvalue weighted by molar-refractivity contribution is 7.89. The van der Waals surface area contributed by atoms with E-state index in [2.05, 4.69) is 0 Å². The fourth-order valence-electron chi connectivity index (χ4n) is 2.92. The maximum Gasteiger partial charge on any atom is 0.314 e. The molecule has 21 heavy (non-hydrogen) atoms. The Morgan fingerprint density at radius 1 is 1.24 bits per heavy atom. The Hall–Kier alpha value is -1.40. The van der Waals surface area contributed by atoms with Crippen molar-refractivity contribution in [3.05, 3.63) is 35.9 Å². The predicted molar refractivity (Wildman–Crippen MR) is 80.6 cm³/mol. The molecule has 5 nitrogen and oxygen atoms in total. The number of carbonyl (C=O) groups is 1. The van der Waals surface area contributed by atoms with Crippen LogP contribution in [0.4, 0.5) is 0 Å². The number of rotatable bonds is 5. The van der Waals surface area contributed by atoms with Crippen LogP contribution >= 0.6 is 0 Å². The molecule has 0 atom stereocenters. The van der Waals surface area contributed by atoms with Gasteiger partial charge in [0.1, 0.15) is 0 Å². The van der Waals surface area contributed by atoms with E-state index in [9.17, 15) is 18.3 Å². The monoisotopic (exact) mass is 311 g/mol. The van der Waals surface area contributed by atoms with Gasteiger partial charge in [-0.15, -0.1) is 0 Å². The van der Waals surface area contributed by atoms with E-state index < -0.39 is 21.4 Å². The van der Waals surface area contributed by atoms with Gasteiger partial charge in [-0.3, -0.25) is 4.79 Å². The standard InChI is InChI=1S/C15H21NO4S/c1-2-12-21(19,20)16-10-8-15(9-11-16,14(17)18)13-6-4-3-5-7-13/h3-7H,2,8-12H2,1H3,(H,17,18). The molecular weight excluding hydrogens is 290 g/mol. The van der Waals surface area contributed by atoms with Crippen LogP contribution in [-0.4, -0.2) is 42.6 Å². The van der Waals surface area contributed by atoms with E-state index >= 15 is 0 Å². The summed E-state index contributed by atoms with van der Waals surface area (Å²) in [6.45, 7) is 2.36. The molecule has 0 radical (unpaired) electrons. The van der Waals surface area contributed by atoms with Gasteiger partial charge in [-0.1, -0.05) is 37.3 Å². The van der Waals surface area contributed by atoms with E-state index in [1.165, 1.54) is 4.31 Å². The van der Waals surface area contributed by atoms with Gasteiger partial charge in [-0.25, -0.2) is 12.7 Å². The second kappa shape index (κ2) is 6.15. The third-order valence-electron chi connectivity index (χ3n) is 4.17. The number of piperidine rings is 1. The van der Waals surface area contributed by atoms with Gasteiger partial charge in [0.05, 0.1) is 11.2 Å². The fraction of sp³-hybridized carbons (Fsp3) is 0.533. The van der Waals surface area contributed by atoms with Gasteiger partial charge in [-0.05, 0) is 24.8 Å². The minimum atomic E-state index is -3.25. The second-order valence-corrected chi connectivity index (χ2v) is 7.56. The first-order valence-corrected chi connectivity index (χ1v) is 8.80. The van der Waals surface area contributed by atoms with Crippen molar-refractivity contribution in [3.63, 3.8) is 0 Å². The lowest BCUT2D eigenvalue weighted by atomic mass is 9.73. The summed E-state index contributed by atoms with van der Waals surface area (Å²) in [5.74, 6) is -0.750. The topological polar surface area (TPSA) is 74.7 Å². The van der Waals surface area contributed by atoms with Gasteiger partial charge in [-0.2, -0.15) is 0 Å². The third kappa shape index (κ3) is 3.11. The predicted octanol–water partition coefficient (Wildman–Crippen LogP) is 1.84. The van der Waals surface area contributed by atoms with Crippen LogP contribution in [0.5, 0.6) is 0 Å². The zero-order chi connectivity index (χ0) is 15.5. The van der Waals surface area contributed by atoms with Crippen LogP contribution in [0.15, 0.2) is 30.3 Å². The molecule has 1 heterocycles. The molecule has 6 heteroatoms. The Morgan fingerprint density at radius 2 is 1.81 bits per heavy atom. The van der Waals surface area contributed by atoms with Gasteiger partial charge >= 0.3 is 5.97 Å². The van der Waals surface area contributed by atoms with Crippen molar-refractivity contribution in [2.75, 3.05) is 18.8 Å². The molecule has 1 aliphatic heterocycles. The SMILES string of the molecule is CCCS(=O)(=O)N1CCC(C(=O)O)(c2ccccc2)CC1. The van der Waals surface area contributed by atoms with Crippen molar-refractivity contribution >= 4 is 16.0 Å². The van der Waals surface area contributed by atoms with Gasteiger partial charge < -0.3 is 5.11 Å². The molecule has 2 rings (SSSR count). The summed E-state index contributed by atoms with van der Waals surface area (Å²) in [6, 6.07) is 9.11. The molecule has 0 aromatic heterocycles. The lowest BCUT2D eigenvalue weighted by Gasteiger charge is -2.38. The second-order valence-electron chi connectivity index (χ2n) is 5.47. The maximum atomic E-state index is 12.1. The number of nitrogens with zero attached hydrogens (tertiary/aromatic N) is 1. The molecule has 1 aromatic rings. The third-order valence-corrected chi connectivity index (χ3v) is 6.24. The highest BCUT2D eigenvalue weighted by Crippen LogP contribution is 2.36. The van der Waals surface area contributed by atoms with E-state index in [4.69, 9.17) is 0 Å². The summed E-state index contributed by atoms with van der Waals surface area (Å²) in [5.41, 5.74) is -0.218. The van der Waals surface area contributed by atoms with Crippen molar-refractivity contribution in [1.82, 2.24) is 4.31 Å². The van der Waals surface area contributed by atoms with Crippen molar-refractivity contribution in [1.29, 1.82) is 0 Å². The summed E-state index contributed by atoms with van der Waals surface area (Å²) < 4.78 is 25.6. The van der Waals surface area contributed by atoms with Crippen LogP contribution in [0.25, 0.3) is 0 Å². The Morgan fingerprint density at radius 3 is 2.29 bits per heavy atom. The Bertz CT molecular complexity index is 589. The summed E-state index contributed by atoms with van der Waals surface area (Å²) in [6.07, 6.45) is 1.20.